The number of thiazole rings is 1. The van der Waals surface area contributed by atoms with Crippen LogP contribution in [0.3, 0.4) is 0 Å². The normalized spacial score (nSPS) is 11.9. The molecule has 0 aliphatic heterocycles. The molecule has 0 saturated carbocycles. The van der Waals surface area contributed by atoms with Crippen molar-refractivity contribution in [3.05, 3.63) is 62.7 Å². The molecule has 0 radical (unpaired) electrons. The zero-order valence-electron chi connectivity index (χ0n) is 13.9. The number of benzene rings is 2. The molecule has 0 aliphatic carbocycles. The molecule has 6 nitrogen and oxygen atoms in total. The van der Waals surface area contributed by atoms with Gasteiger partial charge >= 0.3 is 4.87 Å². The van der Waals surface area contributed by atoms with Crippen molar-refractivity contribution in [1.29, 1.82) is 0 Å². The minimum absolute atomic E-state index is 0.126. The molecule has 1 heterocycles. The lowest BCUT2D eigenvalue weighted by Gasteiger charge is -2.07. The van der Waals surface area contributed by atoms with Crippen molar-refractivity contribution < 1.29 is 13.2 Å². The maximum absolute atomic E-state index is 12.4. The van der Waals surface area contributed by atoms with Gasteiger partial charge in [-0.15, -0.1) is 0 Å². The average Bonchev–Trinajstić information content (AvgIpc) is 2.92. The number of hydrogen-bond donors (Lipinski definition) is 1. The third-order valence-corrected chi connectivity index (χ3v) is 6.45. The molecule has 0 atom stereocenters. The van der Waals surface area contributed by atoms with Crippen molar-refractivity contribution in [2.75, 3.05) is 20.3 Å². The van der Waals surface area contributed by atoms with Crippen molar-refractivity contribution >= 4 is 43.2 Å². The monoisotopic (exact) mass is 412 g/mol. The van der Waals surface area contributed by atoms with Gasteiger partial charge in [-0.3, -0.25) is 9.36 Å². The van der Waals surface area contributed by atoms with Crippen LogP contribution in [0.25, 0.3) is 10.2 Å². The summed E-state index contributed by atoms with van der Waals surface area (Å²) in [5.74, 6) is 0. The summed E-state index contributed by atoms with van der Waals surface area (Å²) in [6.07, 6.45) is 0. The molecule has 0 unspecified atom stereocenters. The third-order valence-electron chi connectivity index (χ3n) is 3.80. The number of fused-ring (bicyclic) bond motifs is 1. The molecule has 0 fully saturated rings. The van der Waals surface area contributed by atoms with Crippen LogP contribution in [-0.2, 0) is 21.3 Å². The van der Waals surface area contributed by atoms with E-state index in [-0.39, 0.29) is 22.9 Å². The quantitative estimate of drug-likeness (QED) is 0.605. The molecule has 1 aromatic heterocycles. The second kappa shape index (κ2) is 7.89. The molecule has 9 heteroatoms. The number of hydrogen-bond acceptors (Lipinski definition) is 5. The van der Waals surface area contributed by atoms with Gasteiger partial charge in [-0.2, -0.15) is 0 Å². The number of aromatic nitrogens is 1. The SMILES string of the molecule is COCCNS(=O)(=O)c1ccc2c(c1)sc(=O)n2Cc1ccc(Cl)cc1. The van der Waals surface area contributed by atoms with Gasteiger partial charge in [-0.1, -0.05) is 35.1 Å². The lowest BCUT2D eigenvalue weighted by atomic mass is 10.2. The van der Waals surface area contributed by atoms with Crippen LogP contribution in [-0.4, -0.2) is 33.2 Å². The van der Waals surface area contributed by atoms with Crippen LogP contribution in [0.15, 0.2) is 52.2 Å². The van der Waals surface area contributed by atoms with Crippen LogP contribution in [0.4, 0.5) is 0 Å². The Balaban J connectivity index is 1.93. The molecule has 138 valence electrons. The fourth-order valence-electron chi connectivity index (χ4n) is 2.50. The summed E-state index contributed by atoms with van der Waals surface area (Å²) in [5.41, 5.74) is 1.64. The maximum atomic E-state index is 12.4. The van der Waals surface area contributed by atoms with Gasteiger partial charge in [0.1, 0.15) is 0 Å². The van der Waals surface area contributed by atoms with Gasteiger partial charge in [0.05, 0.1) is 28.3 Å². The van der Waals surface area contributed by atoms with E-state index in [1.807, 2.05) is 12.1 Å². The molecule has 0 bridgehead atoms. The van der Waals surface area contributed by atoms with Crippen LogP contribution in [0, 0.1) is 0 Å². The van der Waals surface area contributed by atoms with Crippen molar-refractivity contribution in [1.82, 2.24) is 9.29 Å². The van der Waals surface area contributed by atoms with Crippen LogP contribution >= 0.6 is 22.9 Å². The molecule has 1 N–H and O–H groups in total. The van der Waals surface area contributed by atoms with Crippen LogP contribution < -0.4 is 9.60 Å². The first-order valence-corrected chi connectivity index (χ1v) is 10.4. The maximum Gasteiger partial charge on any atom is 0.308 e. The molecule has 0 aliphatic rings. The van der Waals surface area contributed by atoms with E-state index < -0.39 is 10.0 Å². The second-order valence-corrected chi connectivity index (χ2v) is 8.80. The molecule has 0 amide bonds. The van der Waals surface area contributed by atoms with E-state index in [9.17, 15) is 13.2 Å². The summed E-state index contributed by atoms with van der Waals surface area (Å²) in [5, 5.41) is 0.632. The summed E-state index contributed by atoms with van der Waals surface area (Å²) < 4.78 is 34.2. The van der Waals surface area contributed by atoms with E-state index in [0.29, 0.717) is 21.8 Å². The number of nitrogens with zero attached hydrogens (tertiary/aromatic N) is 1. The van der Waals surface area contributed by atoms with Gasteiger partial charge in [-0.25, -0.2) is 13.1 Å². The fraction of sp³-hybridized carbons (Fsp3) is 0.235. The number of rotatable bonds is 7. The van der Waals surface area contributed by atoms with E-state index in [1.165, 1.54) is 19.2 Å². The predicted octanol–water partition coefficient (Wildman–Crippen LogP) is 2.69. The molecule has 0 spiro atoms. The minimum Gasteiger partial charge on any atom is -0.383 e. The van der Waals surface area contributed by atoms with E-state index in [0.717, 1.165) is 16.9 Å². The Kier molecular flexibility index (Phi) is 5.79. The zero-order chi connectivity index (χ0) is 18.7. The Morgan fingerprint density at radius 2 is 1.92 bits per heavy atom. The molecule has 26 heavy (non-hydrogen) atoms. The summed E-state index contributed by atoms with van der Waals surface area (Å²) in [6, 6.07) is 11.9. The van der Waals surface area contributed by atoms with Gasteiger partial charge in [0.15, 0.2) is 0 Å². The van der Waals surface area contributed by atoms with E-state index in [1.54, 1.807) is 22.8 Å². The summed E-state index contributed by atoms with van der Waals surface area (Å²) in [4.78, 5) is 12.3. The van der Waals surface area contributed by atoms with Crippen LogP contribution in [0.1, 0.15) is 5.56 Å². The molecule has 3 aromatic rings. The first kappa shape index (κ1) is 19.1. The Labute approximate surface area is 160 Å². The first-order chi connectivity index (χ1) is 12.4. The smallest absolute Gasteiger partial charge is 0.308 e. The standard InChI is InChI=1S/C17H17ClN2O4S2/c1-24-9-8-19-26(22,23)14-6-7-15-16(10-14)25-17(21)20(15)11-12-2-4-13(18)5-3-12/h2-7,10,19H,8-9,11H2,1H3. The highest BCUT2D eigenvalue weighted by Crippen LogP contribution is 2.22. The second-order valence-electron chi connectivity index (χ2n) is 5.60. The van der Waals surface area contributed by atoms with E-state index in [2.05, 4.69) is 4.72 Å². The van der Waals surface area contributed by atoms with Crippen molar-refractivity contribution in [2.24, 2.45) is 0 Å². The van der Waals surface area contributed by atoms with Gasteiger partial charge in [0.2, 0.25) is 10.0 Å². The van der Waals surface area contributed by atoms with Gasteiger partial charge < -0.3 is 4.74 Å². The third kappa shape index (κ3) is 4.16. The number of ether oxygens (including phenoxy) is 1. The van der Waals surface area contributed by atoms with Crippen molar-refractivity contribution in [2.45, 2.75) is 11.4 Å². The van der Waals surface area contributed by atoms with Crippen LogP contribution in [0.5, 0.6) is 0 Å². The highest BCUT2D eigenvalue weighted by atomic mass is 35.5. The minimum atomic E-state index is -3.64. The fourth-order valence-corrected chi connectivity index (χ4v) is 4.67. The Morgan fingerprint density at radius 3 is 2.62 bits per heavy atom. The summed E-state index contributed by atoms with van der Waals surface area (Å²) >= 11 is 6.91. The molecule has 3 rings (SSSR count). The van der Waals surface area contributed by atoms with Gasteiger partial charge in [0, 0.05) is 18.7 Å². The van der Waals surface area contributed by atoms with Gasteiger partial charge in [-0.05, 0) is 35.9 Å². The number of nitrogens with one attached hydrogen (secondary N) is 1. The molecular formula is C17H17ClN2O4S2. The molecular weight excluding hydrogens is 396 g/mol. The highest BCUT2D eigenvalue weighted by molar-refractivity contribution is 7.89. The number of methoxy groups -OCH3 is 1. The summed E-state index contributed by atoms with van der Waals surface area (Å²) in [6.45, 7) is 0.866. The summed E-state index contributed by atoms with van der Waals surface area (Å²) in [7, 11) is -2.14. The lowest BCUT2D eigenvalue weighted by molar-refractivity contribution is 0.204. The van der Waals surface area contributed by atoms with E-state index >= 15 is 0 Å². The first-order valence-electron chi connectivity index (χ1n) is 7.77. The Bertz CT molecular complexity index is 1070. The molecule has 2 aromatic carbocycles. The zero-order valence-corrected chi connectivity index (χ0v) is 16.3. The highest BCUT2D eigenvalue weighted by Gasteiger charge is 2.16. The van der Waals surface area contributed by atoms with Crippen molar-refractivity contribution in [3.63, 3.8) is 0 Å². The average molecular weight is 413 g/mol. The predicted molar refractivity (Wildman–Crippen MR) is 104 cm³/mol. The number of sulfonamides is 1. The Hall–Kier alpha value is -1.71. The molecule has 0 saturated heterocycles. The van der Waals surface area contributed by atoms with E-state index in [4.69, 9.17) is 16.3 Å². The lowest BCUT2D eigenvalue weighted by Crippen LogP contribution is -2.27. The van der Waals surface area contributed by atoms with Crippen molar-refractivity contribution in [3.8, 4) is 0 Å². The Morgan fingerprint density at radius 1 is 1.19 bits per heavy atom. The largest absolute Gasteiger partial charge is 0.383 e. The number of halogens is 1. The topological polar surface area (TPSA) is 77.4 Å². The van der Waals surface area contributed by atoms with Gasteiger partial charge in [0.25, 0.3) is 0 Å². The van der Waals surface area contributed by atoms with Crippen LogP contribution in [0.2, 0.25) is 5.02 Å².